The van der Waals surface area contributed by atoms with Gasteiger partial charge in [-0.15, -0.1) is 0 Å². The molecular formula is C56H98O7S. The smallest absolute Gasteiger partial charge is 0.340 e. The Morgan fingerprint density at radius 2 is 0.703 bits per heavy atom. The van der Waals surface area contributed by atoms with Crippen LogP contribution in [0.4, 0.5) is 0 Å². The molecule has 0 saturated carbocycles. The minimum absolute atomic E-state index is 0.111. The Labute approximate surface area is 394 Å². The van der Waals surface area contributed by atoms with Gasteiger partial charge >= 0.3 is 11.9 Å². The Hall–Kier alpha value is -2.45. The average Bonchev–Trinajstić information content (AvgIpc) is 3.28. The van der Waals surface area contributed by atoms with Crippen molar-refractivity contribution in [3.05, 3.63) is 53.6 Å². The van der Waals surface area contributed by atoms with Crippen molar-refractivity contribution < 1.29 is 32.0 Å². The number of hydrogen-bond donors (Lipinski definition) is 1. The van der Waals surface area contributed by atoms with E-state index < -0.39 is 32.5 Å². The second-order valence-corrected chi connectivity index (χ2v) is 19.9. The van der Waals surface area contributed by atoms with Gasteiger partial charge in [-0.1, -0.05) is 237 Å². The molecule has 0 bridgehead atoms. The molecule has 0 heterocycles. The van der Waals surface area contributed by atoms with Crippen LogP contribution in [0.2, 0.25) is 0 Å². The van der Waals surface area contributed by atoms with Crippen molar-refractivity contribution in [1.82, 2.24) is 0 Å². The van der Waals surface area contributed by atoms with Gasteiger partial charge in [0.05, 0.1) is 24.3 Å². The number of benzene rings is 1. The van der Waals surface area contributed by atoms with E-state index in [9.17, 15) is 22.6 Å². The molecule has 1 aromatic rings. The molecule has 0 unspecified atom stereocenters. The lowest BCUT2D eigenvalue weighted by Gasteiger charge is -2.13. The summed E-state index contributed by atoms with van der Waals surface area (Å²) in [5, 5.41) is 0. The number of esters is 2. The summed E-state index contributed by atoms with van der Waals surface area (Å²) < 4.78 is 45.1. The number of allylic oxidation sites excluding steroid dienone is 4. The van der Waals surface area contributed by atoms with Crippen LogP contribution in [0.3, 0.4) is 0 Å². The van der Waals surface area contributed by atoms with Crippen molar-refractivity contribution in [2.24, 2.45) is 0 Å². The number of carbonyl (C=O) groups excluding carboxylic acids is 2. The zero-order valence-corrected chi connectivity index (χ0v) is 42.4. The van der Waals surface area contributed by atoms with E-state index in [0.717, 1.165) is 44.6 Å². The summed E-state index contributed by atoms with van der Waals surface area (Å²) in [6.07, 6.45) is 59.2. The molecule has 0 aliphatic heterocycles. The molecule has 0 aromatic heterocycles. The quantitative estimate of drug-likeness (QED) is 0.0300. The van der Waals surface area contributed by atoms with E-state index in [1.54, 1.807) is 0 Å². The maximum Gasteiger partial charge on any atom is 0.340 e. The lowest BCUT2D eigenvalue weighted by Crippen LogP contribution is -2.19. The molecule has 370 valence electrons. The summed E-state index contributed by atoms with van der Waals surface area (Å²) in [5.74, 6) is -1.74. The highest BCUT2D eigenvalue weighted by molar-refractivity contribution is 7.86. The topological polar surface area (TPSA) is 107 Å². The standard InChI is InChI=1S/C56H98O7S/c1-3-5-7-9-11-13-15-17-19-21-23-25-27-29-31-33-35-37-39-41-43-45-50-62-55(57)52-48-47-49-53(64(59,60)61)54(52)56(58)63-51-46-44-42-40-38-36-34-32-30-28-26-24-22-20-18-16-14-12-10-8-6-4-2/h17-20,47-49H,3-16,21-46,50-51H2,1-2H3,(H,59,60,61)/b19-17+,20-18+. The van der Waals surface area contributed by atoms with Gasteiger partial charge in [-0.2, -0.15) is 8.42 Å². The largest absolute Gasteiger partial charge is 0.462 e. The van der Waals surface area contributed by atoms with Gasteiger partial charge in [0.25, 0.3) is 10.1 Å². The highest BCUT2D eigenvalue weighted by atomic mass is 32.2. The molecule has 8 heteroatoms. The van der Waals surface area contributed by atoms with Gasteiger partial charge in [0.15, 0.2) is 0 Å². The second-order valence-electron chi connectivity index (χ2n) is 18.5. The van der Waals surface area contributed by atoms with Crippen molar-refractivity contribution in [2.75, 3.05) is 13.2 Å². The predicted molar refractivity (Wildman–Crippen MR) is 271 cm³/mol. The molecular weight excluding hydrogens is 817 g/mol. The third kappa shape index (κ3) is 35.8. The Morgan fingerprint density at radius 3 is 1.02 bits per heavy atom. The summed E-state index contributed by atoms with van der Waals surface area (Å²) >= 11 is 0. The zero-order valence-electron chi connectivity index (χ0n) is 41.5. The summed E-state index contributed by atoms with van der Waals surface area (Å²) in [7, 11) is -4.77. The molecule has 0 spiro atoms. The first-order valence-electron chi connectivity index (χ1n) is 27.1. The summed E-state index contributed by atoms with van der Waals surface area (Å²) in [5.41, 5.74) is -0.668. The molecule has 1 aromatic carbocycles. The van der Waals surface area contributed by atoms with Crippen molar-refractivity contribution in [2.45, 2.75) is 276 Å². The van der Waals surface area contributed by atoms with Crippen LogP contribution in [0.15, 0.2) is 47.4 Å². The first-order valence-corrected chi connectivity index (χ1v) is 28.5. The molecule has 0 atom stereocenters. The predicted octanol–water partition coefficient (Wildman–Crippen LogP) is 18.0. The van der Waals surface area contributed by atoms with Gasteiger partial charge in [-0.05, 0) is 76.3 Å². The van der Waals surface area contributed by atoms with Gasteiger partial charge in [0.2, 0.25) is 0 Å². The van der Waals surface area contributed by atoms with Gasteiger partial charge in [-0.25, -0.2) is 9.59 Å². The first-order chi connectivity index (χ1) is 31.3. The Kier molecular flexibility index (Phi) is 41.3. The van der Waals surface area contributed by atoms with Crippen molar-refractivity contribution in [3.8, 4) is 0 Å². The minimum atomic E-state index is -4.77. The second kappa shape index (κ2) is 44.4. The van der Waals surface area contributed by atoms with E-state index in [1.807, 2.05) is 0 Å². The molecule has 7 nitrogen and oxygen atoms in total. The van der Waals surface area contributed by atoms with E-state index in [-0.39, 0.29) is 18.8 Å². The van der Waals surface area contributed by atoms with Gasteiger partial charge in [0, 0.05) is 0 Å². The monoisotopic (exact) mass is 915 g/mol. The fraction of sp³-hybridized carbons (Fsp3) is 0.786. The maximum atomic E-state index is 13.1. The summed E-state index contributed by atoms with van der Waals surface area (Å²) in [6, 6.07) is 3.78. The van der Waals surface area contributed by atoms with Crippen LogP contribution in [0.5, 0.6) is 0 Å². The fourth-order valence-corrected chi connectivity index (χ4v) is 9.13. The van der Waals surface area contributed by atoms with Crippen molar-refractivity contribution >= 4 is 22.1 Å². The number of carbonyl (C=O) groups is 2. The van der Waals surface area contributed by atoms with Crippen LogP contribution in [0.1, 0.15) is 291 Å². The van der Waals surface area contributed by atoms with Gasteiger partial charge in [-0.3, -0.25) is 4.55 Å². The molecule has 0 amide bonds. The normalized spacial score (nSPS) is 11.9. The molecule has 1 N–H and O–H groups in total. The van der Waals surface area contributed by atoms with Crippen LogP contribution < -0.4 is 0 Å². The number of ether oxygens (including phenoxy) is 2. The third-order valence-corrected chi connectivity index (χ3v) is 13.4. The molecule has 0 aliphatic rings. The first kappa shape index (κ1) is 59.6. The average molecular weight is 915 g/mol. The number of hydrogen-bond acceptors (Lipinski definition) is 6. The van der Waals surface area contributed by atoms with E-state index >= 15 is 0 Å². The van der Waals surface area contributed by atoms with E-state index in [2.05, 4.69) is 38.2 Å². The van der Waals surface area contributed by atoms with E-state index in [1.165, 1.54) is 218 Å². The zero-order chi connectivity index (χ0) is 46.4. The molecule has 64 heavy (non-hydrogen) atoms. The minimum Gasteiger partial charge on any atom is -0.462 e. The van der Waals surface area contributed by atoms with Crippen LogP contribution in [0.25, 0.3) is 0 Å². The van der Waals surface area contributed by atoms with Crippen LogP contribution in [-0.2, 0) is 19.6 Å². The highest BCUT2D eigenvalue weighted by Crippen LogP contribution is 2.23. The third-order valence-electron chi connectivity index (χ3n) is 12.5. The lowest BCUT2D eigenvalue weighted by molar-refractivity contribution is 0.0446. The van der Waals surface area contributed by atoms with Crippen molar-refractivity contribution in [3.63, 3.8) is 0 Å². The van der Waals surface area contributed by atoms with Crippen LogP contribution in [-0.4, -0.2) is 38.1 Å². The van der Waals surface area contributed by atoms with Crippen LogP contribution >= 0.6 is 0 Å². The Balaban J connectivity index is 2.11. The molecule has 0 aliphatic carbocycles. The molecule has 1 rings (SSSR count). The Morgan fingerprint density at radius 1 is 0.422 bits per heavy atom. The van der Waals surface area contributed by atoms with E-state index in [0.29, 0.717) is 12.8 Å². The summed E-state index contributed by atoms with van der Waals surface area (Å²) in [4.78, 5) is 25.5. The fourth-order valence-electron chi connectivity index (χ4n) is 8.43. The molecule has 0 fully saturated rings. The van der Waals surface area contributed by atoms with Crippen molar-refractivity contribution in [1.29, 1.82) is 0 Å². The lowest BCUT2D eigenvalue weighted by atomic mass is 10.0. The van der Waals surface area contributed by atoms with E-state index in [4.69, 9.17) is 9.47 Å². The Bertz CT molecular complexity index is 1400. The number of unbranched alkanes of at least 4 members (excludes halogenated alkanes) is 36. The SMILES string of the molecule is CCCCCCCC/C=C/CCCCCCCCCCCCCCOC(=O)c1cccc(S(=O)(=O)O)c1C(=O)OCCCCCCCCCCCCCC/C=C/CCCCCCCC. The maximum absolute atomic E-state index is 13.1. The molecule has 0 saturated heterocycles. The highest BCUT2D eigenvalue weighted by Gasteiger charge is 2.28. The van der Waals surface area contributed by atoms with Gasteiger partial charge < -0.3 is 9.47 Å². The summed E-state index contributed by atoms with van der Waals surface area (Å²) in [6.45, 7) is 4.83. The van der Waals surface area contributed by atoms with Gasteiger partial charge in [0.1, 0.15) is 4.90 Å². The molecule has 0 radical (unpaired) electrons. The number of rotatable bonds is 47. The van der Waals surface area contributed by atoms with Crippen LogP contribution in [0, 0.1) is 0 Å².